The second-order valence-electron chi connectivity index (χ2n) is 5.64. The van der Waals surface area contributed by atoms with E-state index < -0.39 is 5.97 Å². The Hall–Kier alpha value is -3.19. The number of thiazole rings is 1. The maximum absolute atomic E-state index is 11.6. The first-order valence-corrected chi connectivity index (χ1v) is 9.09. The molecule has 3 aromatic rings. The number of anilines is 1. The Morgan fingerprint density at radius 3 is 2.81 bits per heavy atom. The van der Waals surface area contributed by atoms with Crippen LogP contribution in [0.3, 0.4) is 0 Å². The van der Waals surface area contributed by atoms with E-state index >= 15 is 0 Å². The van der Waals surface area contributed by atoms with Crippen LogP contribution in [0.2, 0.25) is 0 Å². The van der Waals surface area contributed by atoms with Crippen LogP contribution in [0.15, 0.2) is 59.7 Å². The number of hydrazone groups is 1. The average molecular weight is 381 g/mol. The molecule has 0 radical (unpaired) electrons. The number of carbonyl (C=O) groups is 1. The van der Waals surface area contributed by atoms with Crippen LogP contribution in [0.5, 0.6) is 5.75 Å². The fraction of sp³-hybridized carbons (Fsp3) is 0.150. The molecule has 0 saturated heterocycles. The summed E-state index contributed by atoms with van der Waals surface area (Å²) in [5.41, 5.74) is 5.44. The Balaban J connectivity index is 1.60. The molecule has 2 aromatic carbocycles. The molecule has 0 aliphatic carbocycles. The third-order valence-corrected chi connectivity index (χ3v) is 4.69. The lowest BCUT2D eigenvalue weighted by atomic mass is 10.2. The topological polar surface area (TPSA) is 72.8 Å². The van der Waals surface area contributed by atoms with Crippen LogP contribution >= 0.6 is 11.3 Å². The van der Waals surface area contributed by atoms with E-state index in [0.717, 1.165) is 16.9 Å². The smallest absolute Gasteiger partial charge is 0.350 e. The number of esters is 1. The number of aryl methyl sites for hydroxylation is 1. The van der Waals surface area contributed by atoms with Gasteiger partial charge in [-0.15, -0.1) is 0 Å². The van der Waals surface area contributed by atoms with Crippen molar-refractivity contribution in [1.29, 1.82) is 0 Å². The van der Waals surface area contributed by atoms with Crippen molar-refractivity contribution in [3.05, 3.63) is 76.3 Å². The van der Waals surface area contributed by atoms with Crippen LogP contribution in [-0.2, 0) is 11.3 Å². The van der Waals surface area contributed by atoms with Crippen LogP contribution < -0.4 is 10.2 Å². The molecule has 27 heavy (non-hydrogen) atoms. The zero-order valence-electron chi connectivity index (χ0n) is 15.0. The molecule has 0 spiro atoms. The van der Waals surface area contributed by atoms with Gasteiger partial charge in [-0.1, -0.05) is 53.8 Å². The SMILES string of the molecule is COC(=O)c1sc(N/N=C\c2cccc(OCc3ccccc3)c2)nc1C. The molecule has 6 nitrogen and oxygen atoms in total. The second-order valence-corrected chi connectivity index (χ2v) is 6.64. The average Bonchev–Trinajstić information content (AvgIpc) is 3.07. The summed E-state index contributed by atoms with van der Waals surface area (Å²) in [6.07, 6.45) is 1.67. The quantitative estimate of drug-likeness (QED) is 0.376. The molecule has 1 N–H and O–H groups in total. The maximum atomic E-state index is 11.6. The van der Waals surface area contributed by atoms with Crippen LogP contribution in [0.1, 0.15) is 26.5 Å². The van der Waals surface area contributed by atoms with E-state index in [2.05, 4.69) is 15.5 Å². The molecule has 1 aromatic heterocycles. The number of methoxy groups -OCH3 is 1. The fourth-order valence-corrected chi connectivity index (χ4v) is 3.15. The number of carbonyl (C=O) groups excluding carboxylic acids is 1. The van der Waals surface area contributed by atoms with Crippen LogP contribution in [0, 0.1) is 6.92 Å². The van der Waals surface area contributed by atoms with E-state index in [4.69, 9.17) is 9.47 Å². The number of nitrogens with one attached hydrogen (secondary N) is 1. The first-order chi connectivity index (χ1) is 13.2. The molecule has 1 heterocycles. The molecule has 0 aliphatic heterocycles. The standard InChI is InChI=1S/C20H19N3O3S/c1-14-18(19(24)25-2)27-20(22-14)23-21-12-16-9-6-10-17(11-16)26-13-15-7-4-3-5-8-15/h3-12H,13H2,1-2H3,(H,22,23)/b21-12-. The molecular weight excluding hydrogens is 362 g/mol. The largest absolute Gasteiger partial charge is 0.489 e. The first-order valence-electron chi connectivity index (χ1n) is 8.27. The Bertz CT molecular complexity index is 939. The van der Waals surface area contributed by atoms with Crippen molar-refractivity contribution in [3.63, 3.8) is 0 Å². The van der Waals surface area contributed by atoms with Gasteiger partial charge < -0.3 is 9.47 Å². The Labute approximate surface area is 161 Å². The van der Waals surface area contributed by atoms with Crippen LogP contribution in [-0.4, -0.2) is 24.3 Å². The van der Waals surface area contributed by atoms with Crippen LogP contribution in [0.25, 0.3) is 0 Å². The van der Waals surface area contributed by atoms with Crippen molar-refractivity contribution in [3.8, 4) is 5.75 Å². The zero-order valence-corrected chi connectivity index (χ0v) is 15.8. The summed E-state index contributed by atoms with van der Waals surface area (Å²) in [7, 11) is 1.35. The molecule has 0 unspecified atom stereocenters. The summed E-state index contributed by atoms with van der Waals surface area (Å²) in [5.74, 6) is 0.367. The van der Waals surface area contributed by atoms with Crippen molar-refractivity contribution >= 4 is 28.7 Å². The van der Waals surface area contributed by atoms with Gasteiger partial charge in [0.2, 0.25) is 5.13 Å². The third kappa shape index (κ3) is 5.15. The van der Waals surface area contributed by atoms with Gasteiger partial charge in [-0.25, -0.2) is 9.78 Å². The Morgan fingerprint density at radius 1 is 1.22 bits per heavy atom. The van der Waals surface area contributed by atoms with E-state index in [1.54, 1.807) is 13.1 Å². The van der Waals surface area contributed by atoms with E-state index in [-0.39, 0.29) is 0 Å². The number of hydrogen-bond acceptors (Lipinski definition) is 7. The lowest BCUT2D eigenvalue weighted by Gasteiger charge is -2.06. The van der Waals surface area contributed by atoms with E-state index in [9.17, 15) is 4.79 Å². The molecule has 0 bridgehead atoms. The van der Waals surface area contributed by atoms with E-state index in [1.165, 1.54) is 18.4 Å². The predicted octanol–water partition coefficient (Wildman–Crippen LogP) is 4.26. The lowest BCUT2D eigenvalue weighted by molar-refractivity contribution is 0.0605. The van der Waals surface area contributed by atoms with Gasteiger partial charge in [-0.2, -0.15) is 5.10 Å². The highest BCUT2D eigenvalue weighted by atomic mass is 32.1. The zero-order chi connectivity index (χ0) is 19.1. The third-order valence-electron chi connectivity index (χ3n) is 3.65. The lowest BCUT2D eigenvalue weighted by Crippen LogP contribution is -1.99. The number of rotatable bonds is 7. The number of ether oxygens (including phenoxy) is 2. The second kappa shape index (κ2) is 8.95. The van der Waals surface area contributed by atoms with Crippen molar-refractivity contribution < 1.29 is 14.3 Å². The van der Waals surface area contributed by atoms with Gasteiger partial charge >= 0.3 is 5.97 Å². The van der Waals surface area contributed by atoms with E-state index in [1.807, 2.05) is 54.6 Å². The number of aromatic nitrogens is 1. The minimum absolute atomic E-state index is 0.398. The summed E-state index contributed by atoms with van der Waals surface area (Å²) in [4.78, 5) is 16.3. The van der Waals surface area contributed by atoms with Gasteiger partial charge in [0.05, 0.1) is 19.0 Å². The molecular formula is C20H19N3O3S. The molecule has 138 valence electrons. The number of benzene rings is 2. The van der Waals surface area contributed by atoms with Gasteiger partial charge in [-0.3, -0.25) is 5.43 Å². The highest BCUT2D eigenvalue weighted by Crippen LogP contribution is 2.23. The molecule has 7 heteroatoms. The highest BCUT2D eigenvalue weighted by Gasteiger charge is 2.15. The summed E-state index contributed by atoms with van der Waals surface area (Å²) in [6, 6.07) is 17.6. The fourth-order valence-electron chi connectivity index (χ4n) is 2.31. The minimum atomic E-state index is -0.398. The normalized spacial score (nSPS) is 10.7. The van der Waals surface area contributed by atoms with Gasteiger partial charge in [0, 0.05) is 0 Å². The molecule has 0 fully saturated rings. The Morgan fingerprint density at radius 2 is 2.04 bits per heavy atom. The van der Waals surface area contributed by atoms with Gasteiger partial charge in [0.25, 0.3) is 0 Å². The van der Waals surface area contributed by atoms with Crippen LogP contribution in [0.4, 0.5) is 5.13 Å². The first kappa shape index (κ1) is 18.6. The van der Waals surface area contributed by atoms with Gasteiger partial charge in [-0.05, 0) is 30.2 Å². The maximum Gasteiger partial charge on any atom is 0.350 e. The van der Waals surface area contributed by atoms with Crippen molar-refractivity contribution in [2.24, 2.45) is 5.10 Å². The van der Waals surface area contributed by atoms with E-state index in [0.29, 0.717) is 22.3 Å². The highest BCUT2D eigenvalue weighted by molar-refractivity contribution is 7.17. The predicted molar refractivity (Wildman–Crippen MR) is 107 cm³/mol. The van der Waals surface area contributed by atoms with Crippen molar-refractivity contribution in [1.82, 2.24) is 4.98 Å². The monoisotopic (exact) mass is 381 g/mol. The van der Waals surface area contributed by atoms with Crippen molar-refractivity contribution in [2.45, 2.75) is 13.5 Å². The number of hydrogen-bond donors (Lipinski definition) is 1. The number of nitrogens with zero attached hydrogens (tertiary/aromatic N) is 2. The van der Waals surface area contributed by atoms with Crippen molar-refractivity contribution in [2.75, 3.05) is 12.5 Å². The van der Waals surface area contributed by atoms with Gasteiger partial charge in [0.15, 0.2) is 0 Å². The van der Waals surface area contributed by atoms with Gasteiger partial charge in [0.1, 0.15) is 17.2 Å². The minimum Gasteiger partial charge on any atom is -0.489 e. The summed E-state index contributed by atoms with van der Waals surface area (Å²) >= 11 is 1.20. The summed E-state index contributed by atoms with van der Waals surface area (Å²) < 4.78 is 10.5. The molecule has 0 saturated carbocycles. The summed E-state index contributed by atoms with van der Waals surface area (Å²) in [5, 5.41) is 4.70. The summed E-state index contributed by atoms with van der Waals surface area (Å²) in [6.45, 7) is 2.26. The Kier molecular flexibility index (Phi) is 6.17. The molecule has 0 aliphatic rings. The molecule has 0 amide bonds. The molecule has 0 atom stereocenters. The molecule has 3 rings (SSSR count).